The molecule has 0 saturated carbocycles. The van der Waals surface area contributed by atoms with Crippen LogP contribution in [-0.4, -0.2) is 30.8 Å². The maximum atomic E-state index is 12.8. The molecule has 0 heterocycles. The molecule has 0 spiro atoms. The molecule has 0 aromatic heterocycles. The van der Waals surface area contributed by atoms with E-state index in [1.807, 2.05) is 12.1 Å². The van der Waals surface area contributed by atoms with Gasteiger partial charge in [-0.25, -0.2) is 4.39 Å². The van der Waals surface area contributed by atoms with E-state index in [-0.39, 0.29) is 18.6 Å². The molecule has 2 aromatic carbocycles. The number of nitrogens with one attached hydrogen (secondary N) is 1. The Morgan fingerprint density at radius 2 is 1.63 bits per heavy atom. The lowest BCUT2D eigenvalue weighted by molar-refractivity contribution is -0.148. The van der Waals surface area contributed by atoms with Gasteiger partial charge in [-0.2, -0.15) is 0 Å². The standard InChI is InChI=1S/C20H19ClFNO4/c21-16-5-1-14(2-6-16)11-12-23-19(25)13-27-20(26)10-9-18(24)15-3-7-17(22)8-4-15/h1-8H,9-13H2,(H,23,25). The molecule has 0 bridgehead atoms. The third-order valence-electron chi connectivity index (χ3n) is 3.74. The highest BCUT2D eigenvalue weighted by Gasteiger charge is 2.12. The number of carbonyl (C=O) groups is 3. The van der Waals surface area contributed by atoms with Crippen molar-refractivity contribution in [1.82, 2.24) is 5.32 Å². The number of halogens is 2. The van der Waals surface area contributed by atoms with Crippen molar-refractivity contribution in [3.63, 3.8) is 0 Å². The molecule has 7 heteroatoms. The van der Waals surface area contributed by atoms with Gasteiger partial charge in [-0.15, -0.1) is 0 Å². The fourth-order valence-corrected chi connectivity index (χ4v) is 2.39. The fourth-order valence-electron chi connectivity index (χ4n) is 2.26. The van der Waals surface area contributed by atoms with Gasteiger partial charge >= 0.3 is 5.97 Å². The summed E-state index contributed by atoms with van der Waals surface area (Å²) in [7, 11) is 0. The number of ketones is 1. The quantitative estimate of drug-likeness (QED) is 0.525. The number of hydrogen-bond acceptors (Lipinski definition) is 4. The Kier molecular flexibility index (Phi) is 7.95. The molecule has 0 aliphatic rings. The van der Waals surface area contributed by atoms with Crippen LogP contribution in [0.4, 0.5) is 4.39 Å². The number of carbonyl (C=O) groups excluding carboxylic acids is 3. The van der Waals surface area contributed by atoms with Crippen LogP contribution in [-0.2, 0) is 20.7 Å². The SMILES string of the molecule is O=C(COC(=O)CCC(=O)c1ccc(F)cc1)NCCc1ccc(Cl)cc1. The van der Waals surface area contributed by atoms with Crippen LogP contribution in [0.5, 0.6) is 0 Å². The largest absolute Gasteiger partial charge is 0.456 e. The molecule has 0 aliphatic heterocycles. The number of esters is 1. The van der Waals surface area contributed by atoms with Gasteiger partial charge in [0, 0.05) is 23.6 Å². The first-order valence-corrected chi connectivity index (χ1v) is 8.77. The molecule has 2 rings (SSSR count). The topological polar surface area (TPSA) is 72.5 Å². The molecule has 5 nitrogen and oxygen atoms in total. The highest BCUT2D eigenvalue weighted by Crippen LogP contribution is 2.10. The monoisotopic (exact) mass is 391 g/mol. The molecule has 0 aliphatic carbocycles. The Hall–Kier alpha value is -2.73. The minimum absolute atomic E-state index is 0.0668. The van der Waals surface area contributed by atoms with Gasteiger partial charge in [0.05, 0.1) is 6.42 Å². The van der Waals surface area contributed by atoms with E-state index >= 15 is 0 Å². The maximum Gasteiger partial charge on any atom is 0.306 e. The molecular weight excluding hydrogens is 373 g/mol. The van der Waals surface area contributed by atoms with Gasteiger partial charge in [0.15, 0.2) is 12.4 Å². The van der Waals surface area contributed by atoms with Crippen molar-refractivity contribution in [2.24, 2.45) is 0 Å². The van der Waals surface area contributed by atoms with Crippen LogP contribution < -0.4 is 5.32 Å². The summed E-state index contributed by atoms with van der Waals surface area (Å²) >= 11 is 5.80. The summed E-state index contributed by atoms with van der Waals surface area (Å²) in [5, 5.41) is 3.29. The van der Waals surface area contributed by atoms with Gasteiger partial charge in [0.1, 0.15) is 5.82 Å². The average molecular weight is 392 g/mol. The van der Waals surface area contributed by atoms with E-state index < -0.39 is 24.3 Å². The van der Waals surface area contributed by atoms with Crippen LogP contribution in [0.2, 0.25) is 5.02 Å². The molecule has 2 aromatic rings. The second-order valence-corrected chi connectivity index (χ2v) is 6.25. The van der Waals surface area contributed by atoms with Crippen LogP contribution >= 0.6 is 11.6 Å². The van der Waals surface area contributed by atoms with Crippen molar-refractivity contribution in [2.45, 2.75) is 19.3 Å². The first kappa shape index (κ1) is 20.6. The highest BCUT2D eigenvalue weighted by molar-refractivity contribution is 6.30. The normalized spacial score (nSPS) is 10.3. The van der Waals surface area contributed by atoms with Gasteiger partial charge in [0.2, 0.25) is 0 Å². The molecule has 27 heavy (non-hydrogen) atoms. The summed E-state index contributed by atoms with van der Waals surface area (Å²) < 4.78 is 17.7. The van der Waals surface area contributed by atoms with Crippen molar-refractivity contribution < 1.29 is 23.5 Å². The number of amides is 1. The zero-order valence-electron chi connectivity index (χ0n) is 14.5. The summed E-state index contributed by atoms with van der Waals surface area (Å²) in [6.45, 7) is 0.00522. The van der Waals surface area contributed by atoms with E-state index in [2.05, 4.69) is 5.32 Å². The highest BCUT2D eigenvalue weighted by atomic mass is 35.5. The van der Waals surface area contributed by atoms with Gasteiger partial charge < -0.3 is 10.1 Å². The third-order valence-corrected chi connectivity index (χ3v) is 3.99. The first-order chi connectivity index (χ1) is 12.9. The van der Waals surface area contributed by atoms with Gasteiger partial charge in [0.25, 0.3) is 5.91 Å². The minimum atomic E-state index is -0.640. The summed E-state index contributed by atoms with van der Waals surface area (Å²) in [4.78, 5) is 35.2. The molecule has 0 atom stereocenters. The fraction of sp³-hybridized carbons (Fsp3) is 0.250. The van der Waals surface area contributed by atoms with Crippen LogP contribution in [0.1, 0.15) is 28.8 Å². The lowest BCUT2D eigenvalue weighted by atomic mass is 10.1. The zero-order valence-corrected chi connectivity index (χ0v) is 15.3. The van der Waals surface area contributed by atoms with Gasteiger partial charge in [-0.1, -0.05) is 23.7 Å². The van der Waals surface area contributed by atoms with Crippen molar-refractivity contribution in [3.8, 4) is 0 Å². The molecule has 0 unspecified atom stereocenters. The molecule has 1 amide bonds. The van der Waals surface area contributed by atoms with E-state index in [1.165, 1.54) is 24.3 Å². The van der Waals surface area contributed by atoms with E-state index in [0.717, 1.165) is 5.56 Å². The van der Waals surface area contributed by atoms with Gasteiger partial charge in [-0.05, 0) is 48.4 Å². The molecule has 0 radical (unpaired) electrons. The van der Waals surface area contributed by atoms with Crippen molar-refractivity contribution in [3.05, 3.63) is 70.5 Å². The minimum Gasteiger partial charge on any atom is -0.456 e. The summed E-state index contributed by atoms with van der Waals surface area (Å²) in [5.74, 6) is -1.78. The van der Waals surface area contributed by atoms with E-state index in [1.54, 1.807) is 12.1 Å². The van der Waals surface area contributed by atoms with Crippen LogP contribution in [0.15, 0.2) is 48.5 Å². The number of Topliss-reactive ketones (excluding diaryl/α,β-unsaturated/α-hetero) is 1. The predicted octanol–water partition coefficient (Wildman–Crippen LogP) is 3.34. The predicted molar refractivity (Wildman–Crippen MR) is 99.1 cm³/mol. The second kappa shape index (κ2) is 10.4. The molecule has 1 N–H and O–H groups in total. The smallest absolute Gasteiger partial charge is 0.306 e. The molecule has 142 valence electrons. The van der Waals surface area contributed by atoms with Crippen LogP contribution in [0.3, 0.4) is 0 Å². The lowest BCUT2D eigenvalue weighted by Crippen LogP contribution is -2.30. The molecular formula is C20H19ClFNO4. The third kappa shape index (κ3) is 7.58. The first-order valence-electron chi connectivity index (χ1n) is 8.39. The number of hydrogen-bond donors (Lipinski definition) is 1. The Bertz CT molecular complexity index is 791. The zero-order chi connectivity index (χ0) is 19.6. The summed E-state index contributed by atoms with van der Waals surface area (Å²) in [6.07, 6.45) is 0.417. The molecule has 0 saturated heterocycles. The lowest BCUT2D eigenvalue weighted by Gasteiger charge is -2.07. The van der Waals surface area contributed by atoms with Crippen LogP contribution in [0.25, 0.3) is 0 Å². The number of rotatable bonds is 9. The summed E-state index contributed by atoms with van der Waals surface area (Å²) in [6, 6.07) is 12.4. The van der Waals surface area contributed by atoms with E-state index in [4.69, 9.17) is 16.3 Å². The van der Waals surface area contributed by atoms with Crippen molar-refractivity contribution >= 4 is 29.3 Å². The average Bonchev–Trinajstić information content (AvgIpc) is 2.66. The van der Waals surface area contributed by atoms with Crippen molar-refractivity contribution in [2.75, 3.05) is 13.2 Å². The number of ether oxygens (including phenoxy) is 1. The Labute approximate surface area is 161 Å². The maximum absolute atomic E-state index is 12.8. The summed E-state index contributed by atoms with van der Waals surface area (Å²) in [5.41, 5.74) is 1.35. The van der Waals surface area contributed by atoms with Crippen LogP contribution in [0, 0.1) is 5.82 Å². The Morgan fingerprint density at radius 3 is 2.30 bits per heavy atom. The van der Waals surface area contributed by atoms with Gasteiger partial charge in [-0.3, -0.25) is 14.4 Å². The second-order valence-electron chi connectivity index (χ2n) is 5.82. The van der Waals surface area contributed by atoms with Crippen molar-refractivity contribution in [1.29, 1.82) is 0 Å². The number of benzene rings is 2. The molecule has 0 fully saturated rings. The Balaban J connectivity index is 1.61. The van der Waals surface area contributed by atoms with E-state index in [0.29, 0.717) is 23.6 Å². The Morgan fingerprint density at radius 1 is 0.963 bits per heavy atom. The van der Waals surface area contributed by atoms with E-state index in [9.17, 15) is 18.8 Å².